The molecule has 0 aliphatic heterocycles. The van der Waals surface area contributed by atoms with Crippen molar-refractivity contribution in [2.45, 2.75) is 30.2 Å². The maximum Gasteiger partial charge on any atom is 0.534 e. The lowest BCUT2D eigenvalue weighted by Crippen LogP contribution is -2.25. The second-order valence-electron chi connectivity index (χ2n) is 5.88. The molecule has 0 radical (unpaired) electrons. The molecule has 0 fully saturated rings. The normalized spacial score (nSPS) is 15.2. The third-order valence-electron chi connectivity index (χ3n) is 3.99. The second-order valence-corrected chi connectivity index (χ2v) is 9.23. The maximum absolute atomic E-state index is 12.8. The van der Waals surface area contributed by atoms with Gasteiger partial charge in [-0.25, -0.2) is 12.4 Å². The number of alkyl halides is 3. The number of nitrogens with zero attached hydrogens (tertiary/aromatic N) is 1. The highest BCUT2D eigenvalue weighted by atomic mass is 32.2. The van der Waals surface area contributed by atoms with E-state index in [1.54, 1.807) is 19.1 Å². The van der Waals surface area contributed by atoms with Gasteiger partial charge in [-0.1, -0.05) is 17.7 Å². The van der Waals surface area contributed by atoms with Crippen molar-refractivity contribution >= 4 is 25.9 Å². The van der Waals surface area contributed by atoms with Crippen molar-refractivity contribution in [3.8, 4) is 0 Å². The van der Waals surface area contributed by atoms with Crippen molar-refractivity contribution in [2.75, 3.05) is 0 Å². The number of aromatic nitrogens is 1. The smallest absolute Gasteiger partial charge is 0.376 e. The van der Waals surface area contributed by atoms with E-state index in [0.717, 1.165) is 9.54 Å². The summed E-state index contributed by atoms with van der Waals surface area (Å²) in [6, 6.07) is 7.29. The number of aryl methyl sites for hydroxylation is 1. The number of hydrogen-bond donors (Lipinski definition) is 0. The lowest BCUT2D eigenvalue weighted by Gasteiger charge is -2.18. The van der Waals surface area contributed by atoms with Crippen LogP contribution in [0.2, 0.25) is 0 Å². The Morgan fingerprint density at radius 1 is 1.04 bits per heavy atom. The maximum atomic E-state index is 12.8. The van der Waals surface area contributed by atoms with Gasteiger partial charge in [0.2, 0.25) is 0 Å². The average Bonchev–Trinajstić information content (AvgIpc) is 3.00. The second kappa shape index (κ2) is 6.41. The first-order valence-corrected chi connectivity index (χ1v) is 10.5. The number of fused-ring (bicyclic) bond motifs is 1. The molecule has 1 aromatic heterocycles. The SMILES string of the molecule is Cc1ccc(S(=O)(=O)n2ccc3c2CCC=C3OS(=O)(=O)C(F)(F)F)cc1. The van der Waals surface area contributed by atoms with Gasteiger partial charge in [-0.05, 0) is 44.0 Å². The van der Waals surface area contributed by atoms with Gasteiger partial charge in [0.25, 0.3) is 10.0 Å². The van der Waals surface area contributed by atoms with Gasteiger partial charge in [-0.2, -0.15) is 21.6 Å². The average molecular weight is 421 g/mol. The molecule has 0 saturated carbocycles. The lowest BCUT2D eigenvalue weighted by molar-refractivity contribution is -0.0509. The van der Waals surface area contributed by atoms with Gasteiger partial charge >= 0.3 is 15.6 Å². The van der Waals surface area contributed by atoms with Crippen LogP contribution in [0.3, 0.4) is 0 Å². The summed E-state index contributed by atoms with van der Waals surface area (Å²) in [4.78, 5) is 0.00596. The summed E-state index contributed by atoms with van der Waals surface area (Å²) in [6.07, 6.45) is 2.69. The molecule has 1 aromatic carbocycles. The molecule has 3 rings (SSSR count). The number of hydrogen-bond acceptors (Lipinski definition) is 5. The molecule has 0 atom stereocenters. The minimum absolute atomic E-state index is 0.00596. The Morgan fingerprint density at radius 2 is 1.67 bits per heavy atom. The van der Waals surface area contributed by atoms with E-state index in [4.69, 9.17) is 0 Å². The van der Waals surface area contributed by atoms with Gasteiger partial charge in [-0.3, -0.25) is 0 Å². The van der Waals surface area contributed by atoms with E-state index in [2.05, 4.69) is 4.18 Å². The molecule has 0 N–H and O–H groups in total. The van der Waals surface area contributed by atoms with Crippen molar-refractivity contribution in [1.29, 1.82) is 0 Å². The van der Waals surface area contributed by atoms with E-state index in [-0.39, 0.29) is 29.0 Å². The van der Waals surface area contributed by atoms with Crippen LogP contribution in [-0.2, 0) is 30.7 Å². The molecule has 1 aliphatic carbocycles. The van der Waals surface area contributed by atoms with Crippen LogP contribution in [0.5, 0.6) is 0 Å². The van der Waals surface area contributed by atoms with Crippen molar-refractivity contribution in [1.82, 2.24) is 3.97 Å². The standard InChI is InChI=1S/C16H14F3NO5S2/c1-11-5-7-12(8-6-11)26(21,22)20-10-9-13-14(20)3-2-4-15(13)25-27(23,24)16(17,18)19/h4-10H,2-3H2,1H3. The molecule has 11 heteroatoms. The molecular weight excluding hydrogens is 407 g/mol. The summed E-state index contributed by atoms with van der Waals surface area (Å²) < 4.78 is 91.1. The van der Waals surface area contributed by atoms with E-state index in [1.165, 1.54) is 30.5 Å². The van der Waals surface area contributed by atoms with Crippen molar-refractivity contribution in [2.24, 2.45) is 0 Å². The first-order chi connectivity index (χ1) is 12.4. The Hall–Kier alpha value is -2.27. The van der Waals surface area contributed by atoms with Crippen LogP contribution >= 0.6 is 0 Å². The Labute approximate surface area is 154 Å². The molecule has 1 aliphatic rings. The van der Waals surface area contributed by atoms with Crippen LogP contribution in [0.1, 0.15) is 23.2 Å². The molecule has 0 saturated heterocycles. The predicted molar refractivity (Wildman–Crippen MR) is 90.6 cm³/mol. The first-order valence-electron chi connectivity index (χ1n) is 7.67. The molecule has 1 heterocycles. The quantitative estimate of drug-likeness (QED) is 0.559. The van der Waals surface area contributed by atoms with Crippen LogP contribution in [0.15, 0.2) is 47.5 Å². The predicted octanol–water partition coefficient (Wildman–Crippen LogP) is 3.19. The molecule has 0 spiro atoms. The Balaban J connectivity index is 2.02. The lowest BCUT2D eigenvalue weighted by atomic mass is 10.0. The van der Waals surface area contributed by atoms with E-state index >= 15 is 0 Å². The van der Waals surface area contributed by atoms with Crippen LogP contribution in [0.25, 0.3) is 5.76 Å². The summed E-state index contributed by atoms with van der Waals surface area (Å²) in [5.41, 5.74) is -4.57. The van der Waals surface area contributed by atoms with Crippen molar-refractivity contribution in [3.63, 3.8) is 0 Å². The van der Waals surface area contributed by atoms with Gasteiger partial charge in [-0.15, -0.1) is 0 Å². The Kier molecular flexibility index (Phi) is 4.63. The van der Waals surface area contributed by atoms with Crippen molar-refractivity contribution < 1.29 is 34.2 Å². The Morgan fingerprint density at radius 3 is 2.26 bits per heavy atom. The zero-order valence-electron chi connectivity index (χ0n) is 13.9. The summed E-state index contributed by atoms with van der Waals surface area (Å²) in [5.74, 6) is -0.536. The highest BCUT2D eigenvalue weighted by Crippen LogP contribution is 2.35. The van der Waals surface area contributed by atoms with Gasteiger partial charge in [0.05, 0.1) is 4.90 Å². The molecule has 2 aromatic rings. The number of rotatable bonds is 4. The van der Waals surface area contributed by atoms with Crippen molar-refractivity contribution in [3.05, 3.63) is 59.4 Å². The van der Waals surface area contributed by atoms with E-state index in [0.29, 0.717) is 0 Å². The molecule has 6 nitrogen and oxygen atoms in total. The summed E-state index contributed by atoms with van der Waals surface area (Å²) in [5, 5.41) is 0. The van der Waals surface area contributed by atoms with Gasteiger partial charge in [0.1, 0.15) is 5.76 Å². The topological polar surface area (TPSA) is 82.4 Å². The zero-order valence-corrected chi connectivity index (χ0v) is 15.5. The molecule has 146 valence electrons. The Bertz CT molecular complexity index is 1110. The van der Waals surface area contributed by atoms with Gasteiger partial charge in [0, 0.05) is 17.5 Å². The molecule has 0 unspecified atom stereocenters. The largest absolute Gasteiger partial charge is 0.534 e. The van der Waals surface area contributed by atoms with E-state index < -0.39 is 31.4 Å². The fourth-order valence-corrected chi connectivity index (χ4v) is 4.56. The third kappa shape index (κ3) is 3.48. The highest BCUT2D eigenvalue weighted by Gasteiger charge is 2.49. The van der Waals surface area contributed by atoms with Crippen LogP contribution in [0, 0.1) is 6.92 Å². The van der Waals surface area contributed by atoms with Crippen LogP contribution in [0.4, 0.5) is 13.2 Å². The first kappa shape index (κ1) is 19.5. The number of allylic oxidation sites excluding steroid dienone is 1. The highest BCUT2D eigenvalue weighted by molar-refractivity contribution is 7.90. The van der Waals surface area contributed by atoms with E-state index in [9.17, 15) is 30.0 Å². The molecule has 0 amide bonds. The summed E-state index contributed by atoms with van der Waals surface area (Å²) >= 11 is 0. The summed E-state index contributed by atoms with van der Waals surface area (Å²) in [7, 11) is -9.84. The fraction of sp³-hybridized carbons (Fsp3) is 0.250. The van der Waals surface area contributed by atoms with Gasteiger partial charge < -0.3 is 4.18 Å². The minimum Gasteiger partial charge on any atom is -0.376 e. The molecular formula is C16H14F3NO5S2. The summed E-state index contributed by atoms with van der Waals surface area (Å²) in [6.45, 7) is 1.80. The molecule has 0 bridgehead atoms. The van der Waals surface area contributed by atoms with Crippen LogP contribution < -0.4 is 0 Å². The zero-order chi connectivity index (χ0) is 20.0. The van der Waals surface area contributed by atoms with E-state index in [1.807, 2.05) is 0 Å². The van der Waals surface area contributed by atoms with Crippen LogP contribution in [-0.4, -0.2) is 26.3 Å². The molecule has 27 heavy (non-hydrogen) atoms. The fourth-order valence-electron chi connectivity index (χ4n) is 2.66. The monoisotopic (exact) mass is 421 g/mol. The minimum atomic E-state index is -5.85. The van der Waals surface area contributed by atoms with Gasteiger partial charge in [0.15, 0.2) is 0 Å². The number of benzene rings is 1. The third-order valence-corrected chi connectivity index (χ3v) is 6.68. The number of halogens is 3.